The minimum Gasteiger partial charge on any atom is -0.493 e. The van der Waals surface area contributed by atoms with Crippen LogP contribution < -0.4 is 19.5 Å². The maximum Gasteiger partial charge on any atom is 0.203 e. The van der Waals surface area contributed by atoms with Gasteiger partial charge >= 0.3 is 0 Å². The Labute approximate surface area is 99.4 Å². The maximum absolute atomic E-state index is 5.97. The largest absolute Gasteiger partial charge is 0.493 e. The number of methoxy groups -OCH3 is 2. The number of hydrogen-bond donors (Lipinski definition) is 1. The minimum atomic E-state index is 0.178. The molecule has 1 aliphatic rings. The molecule has 0 radical (unpaired) electrons. The molecule has 0 aromatic heterocycles. The van der Waals surface area contributed by atoms with Crippen molar-refractivity contribution in [3.8, 4) is 17.2 Å². The second-order valence-corrected chi connectivity index (χ2v) is 3.97. The first-order valence-corrected chi connectivity index (χ1v) is 5.41. The van der Waals surface area contributed by atoms with E-state index in [2.05, 4.69) is 5.32 Å². The van der Waals surface area contributed by atoms with Crippen LogP contribution in [0.15, 0.2) is 12.1 Å². The van der Waals surface area contributed by atoms with E-state index in [1.807, 2.05) is 0 Å². The molecule has 0 spiro atoms. The summed E-state index contributed by atoms with van der Waals surface area (Å²) in [7, 11) is 3.15. The normalized spacial score (nSPS) is 15.4. The van der Waals surface area contributed by atoms with Crippen LogP contribution in [0.25, 0.3) is 0 Å². The van der Waals surface area contributed by atoms with Crippen molar-refractivity contribution < 1.29 is 14.2 Å². The monoisotopic (exact) mass is 243 g/mol. The average molecular weight is 244 g/mol. The molecule has 0 amide bonds. The van der Waals surface area contributed by atoms with Crippen molar-refractivity contribution in [1.29, 1.82) is 0 Å². The standard InChI is InChI=1S/C11H14ClNO3/c1-14-9-3-7(12)4-10(11(9)15-2)16-8-5-13-6-8/h3-4,8,13H,5-6H2,1-2H3. The van der Waals surface area contributed by atoms with E-state index in [-0.39, 0.29) is 6.10 Å². The summed E-state index contributed by atoms with van der Waals surface area (Å²) in [4.78, 5) is 0. The molecule has 88 valence electrons. The molecule has 5 heteroatoms. The highest BCUT2D eigenvalue weighted by molar-refractivity contribution is 6.31. The molecule has 0 aliphatic carbocycles. The quantitative estimate of drug-likeness (QED) is 0.874. The van der Waals surface area contributed by atoms with Crippen molar-refractivity contribution in [3.05, 3.63) is 17.2 Å². The molecule has 2 rings (SSSR count). The Kier molecular flexibility index (Phi) is 3.41. The Morgan fingerprint density at radius 3 is 2.38 bits per heavy atom. The van der Waals surface area contributed by atoms with E-state index in [4.69, 9.17) is 25.8 Å². The summed E-state index contributed by atoms with van der Waals surface area (Å²) >= 11 is 5.97. The summed E-state index contributed by atoms with van der Waals surface area (Å²) < 4.78 is 16.2. The molecule has 0 saturated carbocycles. The minimum absolute atomic E-state index is 0.178. The lowest BCUT2D eigenvalue weighted by Crippen LogP contribution is -2.50. The van der Waals surface area contributed by atoms with Crippen LogP contribution in [0.3, 0.4) is 0 Å². The predicted octanol–water partition coefficient (Wildman–Crippen LogP) is 1.71. The van der Waals surface area contributed by atoms with Gasteiger partial charge in [0.25, 0.3) is 0 Å². The van der Waals surface area contributed by atoms with Gasteiger partial charge in [-0.2, -0.15) is 0 Å². The summed E-state index contributed by atoms with van der Waals surface area (Å²) in [5.41, 5.74) is 0. The SMILES string of the molecule is COc1cc(Cl)cc(OC2CNC2)c1OC. The Bertz CT molecular complexity index is 380. The van der Waals surface area contributed by atoms with Crippen LogP contribution in [0.5, 0.6) is 17.2 Å². The van der Waals surface area contributed by atoms with Gasteiger partial charge in [0.2, 0.25) is 5.75 Å². The first kappa shape index (κ1) is 11.4. The van der Waals surface area contributed by atoms with Gasteiger partial charge in [-0.25, -0.2) is 0 Å². The van der Waals surface area contributed by atoms with Crippen molar-refractivity contribution in [2.24, 2.45) is 0 Å². The van der Waals surface area contributed by atoms with Crippen LogP contribution >= 0.6 is 11.6 Å². The molecular formula is C11H14ClNO3. The van der Waals surface area contributed by atoms with E-state index in [9.17, 15) is 0 Å². The Hall–Kier alpha value is -1.13. The van der Waals surface area contributed by atoms with E-state index in [0.717, 1.165) is 13.1 Å². The Balaban J connectivity index is 2.28. The van der Waals surface area contributed by atoms with Crippen LogP contribution in [0, 0.1) is 0 Å². The summed E-state index contributed by atoms with van der Waals surface area (Å²) in [6.45, 7) is 1.69. The maximum atomic E-state index is 5.97. The molecule has 1 saturated heterocycles. The smallest absolute Gasteiger partial charge is 0.203 e. The van der Waals surface area contributed by atoms with Crippen LogP contribution in [0.1, 0.15) is 0 Å². The number of halogens is 1. The van der Waals surface area contributed by atoms with Gasteiger partial charge in [-0.15, -0.1) is 0 Å². The highest BCUT2D eigenvalue weighted by Gasteiger charge is 2.22. The first-order chi connectivity index (χ1) is 7.74. The fourth-order valence-electron chi connectivity index (χ4n) is 1.51. The van der Waals surface area contributed by atoms with Gasteiger partial charge in [0.1, 0.15) is 6.10 Å². The van der Waals surface area contributed by atoms with Crippen LogP contribution in [0.2, 0.25) is 5.02 Å². The van der Waals surface area contributed by atoms with Crippen LogP contribution in [-0.4, -0.2) is 33.4 Å². The summed E-state index contributed by atoms with van der Waals surface area (Å²) in [5, 5.41) is 3.70. The van der Waals surface area contributed by atoms with Crippen molar-refractivity contribution in [2.45, 2.75) is 6.10 Å². The molecule has 1 N–H and O–H groups in total. The third kappa shape index (κ3) is 2.18. The lowest BCUT2D eigenvalue weighted by Gasteiger charge is -2.28. The molecule has 1 heterocycles. The lowest BCUT2D eigenvalue weighted by molar-refractivity contribution is 0.136. The number of benzene rings is 1. The van der Waals surface area contributed by atoms with E-state index < -0.39 is 0 Å². The summed E-state index contributed by atoms with van der Waals surface area (Å²) in [5.74, 6) is 1.79. The van der Waals surface area contributed by atoms with E-state index in [0.29, 0.717) is 22.3 Å². The average Bonchev–Trinajstić information content (AvgIpc) is 2.22. The van der Waals surface area contributed by atoms with Crippen molar-refractivity contribution in [1.82, 2.24) is 5.32 Å². The van der Waals surface area contributed by atoms with Crippen LogP contribution in [-0.2, 0) is 0 Å². The number of nitrogens with one attached hydrogen (secondary N) is 1. The van der Waals surface area contributed by atoms with Gasteiger partial charge < -0.3 is 19.5 Å². The van der Waals surface area contributed by atoms with Gasteiger partial charge in [-0.3, -0.25) is 0 Å². The second-order valence-electron chi connectivity index (χ2n) is 3.54. The van der Waals surface area contributed by atoms with Gasteiger partial charge in [0.15, 0.2) is 11.5 Å². The Morgan fingerprint density at radius 1 is 1.19 bits per heavy atom. The first-order valence-electron chi connectivity index (χ1n) is 5.03. The number of ether oxygens (including phenoxy) is 3. The molecule has 0 atom stereocenters. The zero-order valence-corrected chi connectivity index (χ0v) is 10.0. The zero-order valence-electron chi connectivity index (χ0n) is 9.25. The number of rotatable bonds is 4. The highest BCUT2D eigenvalue weighted by Crippen LogP contribution is 2.40. The van der Waals surface area contributed by atoms with E-state index in [1.165, 1.54) is 0 Å². The van der Waals surface area contributed by atoms with Gasteiger partial charge in [-0.1, -0.05) is 11.6 Å². The third-order valence-electron chi connectivity index (χ3n) is 2.45. The fraction of sp³-hybridized carbons (Fsp3) is 0.455. The van der Waals surface area contributed by atoms with Gasteiger partial charge in [0.05, 0.1) is 14.2 Å². The lowest BCUT2D eigenvalue weighted by atomic mass is 10.2. The zero-order chi connectivity index (χ0) is 11.5. The molecule has 1 aromatic carbocycles. The predicted molar refractivity (Wildman–Crippen MR) is 61.8 cm³/mol. The Morgan fingerprint density at radius 2 is 1.88 bits per heavy atom. The highest BCUT2D eigenvalue weighted by atomic mass is 35.5. The van der Waals surface area contributed by atoms with Crippen molar-refractivity contribution in [2.75, 3.05) is 27.3 Å². The van der Waals surface area contributed by atoms with Crippen LogP contribution in [0.4, 0.5) is 0 Å². The topological polar surface area (TPSA) is 39.7 Å². The summed E-state index contributed by atoms with van der Waals surface area (Å²) in [6.07, 6.45) is 0.178. The molecule has 16 heavy (non-hydrogen) atoms. The molecule has 0 unspecified atom stereocenters. The van der Waals surface area contributed by atoms with Crippen molar-refractivity contribution >= 4 is 11.6 Å². The third-order valence-corrected chi connectivity index (χ3v) is 2.67. The summed E-state index contributed by atoms with van der Waals surface area (Å²) in [6, 6.07) is 3.44. The second kappa shape index (κ2) is 4.80. The number of hydrogen-bond acceptors (Lipinski definition) is 4. The fourth-order valence-corrected chi connectivity index (χ4v) is 1.71. The molecule has 1 aromatic rings. The van der Waals surface area contributed by atoms with E-state index >= 15 is 0 Å². The molecule has 1 fully saturated rings. The molecule has 0 bridgehead atoms. The molecular weight excluding hydrogens is 230 g/mol. The molecule has 1 aliphatic heterocycles. The molecule has 4 nitrogen and oxygen atoms in total. The van der Waals surface area contributed by atoms with Gasteiger partial charge in [-0.05, 0) is 0 Å². The van der Waals surface area contributed by atoms with Gasteiger partial charge in [0, 0.05) is 30.2 Å². The van der Waals surface area contributed by atoms with Crippen molar-refractivity contribution in [3.63, 3.8) is 0 Å². The van der Waals surface area contributed by atoms with E-state index in [1.54, 1.807) is 26.4 Å².